The van der Waals surface area contributed by atoms with E-state index in [0.717, 1.165) is 5.69 Å². The lowest BCUT2D eigenvalue weighted by atomic mass is 9.90. The van der Waals surface area contributed by atoms with Gasteiger partial charge in [0.25, 0.3) is 0 Å². The van der Waals surface area contributed by atoms with Crippen molar-refractivity contribution in [1.82, 2.24) is 0 Å². The molecule has 28 heavy (non-hydrogen) atoms. The Morgan fingerprint density at radius 2 is 1.46 bits per heavy atom. The molecule has 0 unspecified atom stereocenters. The summed E-state index contributed by atoms with van der Waals surface area (Å²) in [4.78, 5) is 39.2. The second-order valence-electron chi connectivity index (χ2n) is 7.01. The van der Waals surface area contributed by atoms with Gasteiger partial charge in [-0.2, -0.15) is 0 Å². The summed E-state index contributed by atoms with van der Waals surface area (Å²) < 4.78 is 4.72. The maximum atomic E-state index is 12.7. The molecular formula is C21H25N3O4. The van der Waals surface area contributed by atoms with Gasteiger partial charge in [0.1, 0.15) is 5.41 Å². The molecule has 0 aliphatic rings. The molecule has 0 aromatic heterocycles. The number of benzene rings is 2. The summed E-state index contributed by atoms with van der Waals surface area (Å²) in [5, 5.41) is 5.40. The Balaban J connectivity index is 2.14. The highest BCUT2D eigenvalue weighted by molar-refractivity contribution is 6.15. The number of para-hydroxylation sites is 1. The van der Waals surface area contributed by atoms with Crippen molar-refractivity contribution in [3.63, 3.8) is 0 Å². The minimum absolute atomic E-state index is 0.217. The van der Waals surface area contributed by atoms with E-state index in [1.165, 1.54) is 21.0 Å². The van der Waals surface area contributed by atoms with Crippen molar-refractivity contribution in [3.8, 4) is 0 Å². The van der Waals surface area contributed by atoms with Gasteiger partial charge in [0.05, 0.1) is 18.4 Å². The van der Waals surface area contributed by atoms with Gasteiger partial charge in [-0.25, -0.2) is 4.79 Å². The molecular weight excluding hydrogens is 358 g/mol. The van der Waals surface area contributed by atoms with Crippen LogP contribution in [0.1, 0.15) is 24.2 Å². The molecule has 0 heterocycles. The summed E-state index contributed by atoms with van der Waals surface area (Å²) in [7, 11) is 5.11. The molecule has 2 aromatic carbocycles. The molecule has 0 bridgehead atoms. The molecule has 2 rings (SSSR count). The smallest absolute Gasteiger partial charge is 0.339 e. The second-order valence-corrected chi connectivity index (χ2v) is 7.01. The number of hydrogen-bond donors (Lipinski definition) is 2. The van der Waals surface area contributed by atoms with Gasteiger partial charge in [-0.15, -0.1) is 0 Å². The van der Waals surface area contributed by atoms with Gasteiger partial charge < -0.3 is 20.3 Å². The van der Waals surface area contributed by atoms with Crippen molar-refractivity contribution < 1.29 is 19.1 Å². The van der Waals surface area contributed by atoms with Gasteiger partial charge in [-0.3, -0.25) is 9.59 Å². The third-order valence-corrected chi connectivity index (χ3v) is 4.36. The predicted octanol–water partition coefficient (Wildman–Crippen LogP) is 3.14. The van der Waals surface area contributed by atoms with Crippen molar-refractivity contribution in [2.45, 2.75) is 13.8 Å². The average molecular weight is 383 g/mol. The molecule has 0 radical (unpaired) electrons. The van der Waals surface area contributed by atoms with Crippen LogP contribution in [0.2, 0.25) is 0 Å². The first kappa shape index (κ1) is 21.0. The Hall–Kier alpha value is -3.35. The maximum absolute atomic E-state index is 12.7. The fourth-order valence-electron chi connectivity index (χ4n) is 2.39. The fourth-order valence-corrected chi connectivity index (χ4v) is 2.39. The van der Waals surface area contributed by atoms with Crippen LogP contribution in [0.3, 0.4) is 0 Å². The average Bonchev–Trinajstić information content (AvgIpc) is 2.68. The number of carbonyl (C=O) groups is 3. The van der Waals surface area contributed by atoms with E-state index >= 15 is 0 Å². The first-order valence-corrected chi connectivity index (χ1v) is 8.74. The number of nitrogens with one attached hydrogen (secondary N) is 2. The van der Waals surface area contributed by atoms with Crippen LogP contribution < -0.4 is 15.5 Å². The maximum Gasteiger partial charge on any atom is 0.339 e. The van der Waals surface area contributed by atoms with Gasteiger partial charge in [0.2, 0.25) is 11.8 Å². The van der Waals surface area contributed by atoms with Crippen molar-refractivity contribution in [3.05, 3.63) is 54.1 Å². The summed E-state index contributed by atoms with van der Waals surface area (Å²) >= 11 is 0. The summed E-state index contributed by atoms with van der Waals surface area (Å²) in [6.07, 6.45) is 0. The number of rotatable bonds is 6. The number of carbonyl (C=O) groups excluding carboxylic acids is 3. The van der Waals surface area contributed by atoms with Crippen LogP contribution in [0.25, 0.3) is 0 Å². The van der Waals surface area contributed by atoms with Crippen LogP contribution >= 0.6 is 0 Å². The monoisotopic (exact) mass is 383 g/mol. The molecule has 2 aromatic rings. The van der Waals surface area contributed by atoms with Crippen molar-refractivity contribution in [2.75, 3.05) is 36.7 Å². The summed E-state index contributed by atoms with van der Waals surface area (Å²) in [5.74, 6) is -1.57. The molecule has 0 fully saturated rings. The molecule has 148 valence electrons. The van der Waals surface area contributed by atoms with E-state index in [1.54, 1.807) is 36.4 Å². The molecule has 2 amide bonds. The normalized spacial score (nSPS) is 10.8. The quantitative estimate of drug-likeness (QED) is 0.591. The molecule has 0 aliphatic heterocycles. The zero-order valence-electron chi connectivity index (χ0n) is 16.7. The van der Waals surface area contributed by atoms with Crippen molar-refractivity contribution >= 4 is 34.8 Å². The Kier molecular flexibility index (Phi) is 6.41. The number of methoxy groups -OCH3 is 1. The largest absolute Gasteiger partial charge is 0.465 e. The number of hydrogen-bond acceptors (Lipinski definition) is 5. The number of esters is 1. The minimum Gasteiger partial charge on any atom is -0.465 e. The van der Waals surface area contributed by atoms with Gasteiger partial charge in [-0.1, -0.05) is 12.1 Å². The first-order chi connectivity index (χ1) is 13.2. The van der Waals surface area contributed by atoms with Crippen LogP contribution in [0, 0.1) is 5.41 Å². The molecule has 0 spiro atoms. The zero-order chi connectivity index (χ0) is 20.9. The Labute approximate surface area is 164 Å². The highest BCUT2D eigenvalue weighted by atomic mass is 16.5. The van der Waals surface area contributed by atoms with Crippen LogP contribution in [0.4, 0.5) is 17.1 Å². The Morgan fingerprint density at radius 1 is 0.893 bits per heavy atom. The summed E-state index contributed by atoms with van der Waals surface area (Å²) in [6.45, 7) is 3.04. The summed E-state index contributed by atoms with van der Waals surface area (Å²) in [6, 6.07) is 13.8. The van der Waals surface area contributed by atoms with Crippen molar-refractivity contribution in [1.29, 1.82) is 0 Å². The molecule has 7 heteroatoms. The number of ether oxygens (including phenoxy) is 1. The van der Waals surface area contributed by atoms with E-state index < -0.39 is 23.2 Å². The molecule has 7 nitrogen and oxygen atoms in total. The SMILES string of the molecule is COC(=O)c1ccccc1NC(=O)C(C)(C)C(=O)Nc1ccc(N(C)C)cc1. The van der Waals surface area contributed by atoms with E-state index in [1.807, 2.05) is 31.1 Å². The molecule has 0 saturated carbocycles. The second kappa shape index (κ2) is 8.56. The highest BCUT2D eigenvalue weighted by Crippen LogP contribution is 2.24. The molecule has 0 aliphatic carbocycles. The van der Waals surface area contributed by atoms with Crippen LogP contribution in [0.15, 0.2) is 48.5 Å². The first-order valence-electron chi connectivity index (χ1n) is 8.74. The minimum atomic E-state index is -1.37. The summed E-state index contributed by atoms with van der Waals surface area (Å²) in [5.41, 5.74) is 0.717. The van der Waals surface area contributed by atoms with E-state index in [9.17, 15) is 14.4 Å². The lowest BCUT2D eigenvalue weighted by Crippen LogP contribution is -2.41. The molecule has 0 atom stereocenters. The number of amides is 2. The fraction of sp³-hybridized carbons (Fsp3) is 0.286. The van der Waals surface area contributed by atoms with Crippen LogP contribution in [-0.2, 0) is 14.3 Å². The lowest BCUT2D eigenvalue weighted by Gasteiger charge is -2.23. The lowest BCUT2D eigenvalue weighted by molar-refractivity contribution is -0.135. The van der Waals surface area contributed by atoms with Crippen molar-refractivity contribution in [2.24, 2.45) is 5.41 Å². The van der Waals surface area contributed by atoms with E-state index in [4.69, 9.17) is 4.74 Å². The van der Waals surface area contributed by atoms with Gasteiger partial charge in [0, 0.05) is 25.5 Å². The number of nitrogens with zero attached hydrogens (tertiary/aromatic N) is 1. The van der Waals surface area contributed by atoms with E-state index in [0.29, 0.717) is 5.69 Å². The zero-order valence-corrected chi connectivity index (χ0v) is 16.7. The predicted molar refractivity (Wildman–Crippen MR) is 110 cm³/mol. The third-order valence-electron chi connectivity index (χ3n) is 4.36. The van der Waals surface area contributed by atoms with E-state index in [2.05, 4.69) is 10.6 Å². The third kappa shape index (κ3) is 4.68. The molecule has 0 saturated heterocycles. The Morgan fingerprint density at radius 3 is 2.04 bits per heavy atom. The van der Waals surface area contributed by atoms with Crippen LogP contribution in [0.5, 0.6) is 0 Å². The van der Waals surface area contributed by atoms with E-state index in [-0.39, 0.29) is 11.3 Å². The Bertz CT molecular complexity index is 873. The number of anilines is 3. The van der Waals surface area contributed by atoms with Crippen LogP contribution in [-0.4, -0.2) is 39.0 Å². The molecule has 2 N–H and O–H groups in total. The standard InChI is InChI=1S/C21H25N3O4/c1-21(2,19(26)22-14-10-12-15(13-11-14)24(3)4)20(27)23-17-9-7-6-8-16(17)18(25)28-5/h6-13H,1-5H3,(H,22,26)(H,23,27). The van der Waals surface area contributed by atoms with Gasteiger partial charge in [-0.05, 0) is 50.2 Å². The van der Waals surface area contributed by atoms with Gasteiger partial charge in [0.15, 0.2) is 0 Å². The highest BCUT2D eigenvalue weighted by Gasteiger charge is 2.36. The topological polar surface area (TPSA) is 87.7 Å². The van der Waals surface area contributed by atoms with Gasteiger partial charge >= 0.3 is 5.97 Å².